The van der Waals surface area contributed by atoms with Crippen molar-refractivity contribution in [2.45, 2.75) is 58.3 Å². The number of nitrogens with zero attached hydrogens (tertiary/aromatic N) is 3. The Bertz CT molecular complexity index is 1890. The van der Waals surface area contributed by atoms with Crippen LogP contribution >= 0.6 is 0 Å². The number of carbonyl (C=O) groups excluding carboxylic acids is 1. The van der Waals surface area contributed by atoms with Gasteiger partial charge in [-0.3, -0.25) is 9.59 Å². The minimum absolute atomic E-state index is 0.0358. The zero-order valence-corrected chi connectivity index (χ0v) is 28.3. The number of ether oxygens (including phenoxy) is 2. The first-order valence-electron chi connectivity index (χ1n) is 15.8. The molecule has 53 heavy (non-hydrogen) atoms. The highest BCUT2D eigenvalue weighted by Crippen LogP contribution is 2.40. The van der Waals surface area contributed by atoms with Gasteiger partial charge in [0.2, 0.25) is 5.95 Å². The van der Waals surface area contributed by atoms with Gasteiger partial charge >= 0.3 is 24.5 Å². The lowest BCUT2D eigenvalue weighted by Crippen LogP contribution is -2.25. The number of hydrogen-bond acceptors (Lipinski definition) is 7. The molecular formula is C36H32F9N3O5. The molecule has 0 aliphatic rings. The van der Waals surface area contributed by atoms with Crippen molar-refractivity contribution >= 4 is 17.7 Å². The zero-order valence-electron chi connectivity index (χ0n) is 28.3. The molecule has 4 aromatic rings. The van der Waals surface area contributed by atoms with E-state index in [0.717, 1.165) is 35.5 Å². The van der Waals surface area contributed by atoms with Gasteiger partial charge in [0.1, 0.15) is 5.75 Å². The fourth-order valence-electron chi connectivity index (χ4n) is 5.26. The maximum absolute atomic E-state index is 14.1. The second kappa shape index (κ2) is 16.1. The molecule has 4 rings (SSSR count). The molecule has 1 N–H and O–H groups in total. The molecule has 8 nitrogen and oxygen atoms in total. The van der Waals surface area contributed by atoms with Gasteiger partial charge in [-0.2, -0.15) is 39.5 Å². The molecule has 0 fully saturated rings. The van der Waals surface area contributed by atoms with Gasteiger partial charge in [0.05, 0.1) is 42.8 Å². The molecule has 0 saturated heterocycles. The summed E-state index contributed by atoms with van der Waals surface area (Å²) >= 11 is 0. The third-order valence-corrected chi connectivity index (χ3v) is 7.81. The second-order valence-corrected chi connectivity index (χ2v) is 12.1. The van der Waals surface area contributed by atoms with Crippen LogP contribution in [0.1, 0.15) is 64.9 Å². The molecule has 0 aliphatic carbocycles. The molecular weight excluding hydrogens is 725 g/mol. The maximum atomic E-state index is 14.1. The fourth-order valence-corrected chi connectivity index (χ4v) is 5.26. The van der Waals surface area contributed by atoms with Crippen molar-refractivity contribution in [2.75, 3.05) is 18.6 Å². The summed E-state index contributed by atoms with van der Waals surface area (Å²) in [7, 11) is 1.30. The number of aromatic nitrogens is 2. The van der Waals surface area contributed by atoms with Gasteiger partial charge in [-0.1, -0.05) is 19.9 Å². The first-order valence-corrected chi connectivity index (χ1v) is 15.8. The highest BCUT2D eigenvalue weighted by atomic mass is 19.4. The lowest BCUT2D eigenvalue weighted by Gasteiger charge is -2.26. The van der Waals surface area contributed by atoms with Crippen LogP contribution in [0.3, 0.4) is 0 Å². The molecule has 3 aromatic carbocycles. The number of carboxylic acid groups (broad SMARTS) is 1. The number of aliphatic carboxylic acids is 1. The van der Waals surface area contributed by atoms with E-state index < -0.39 is 65.8 Å². The van der Waals surface area contributed by atoms with E-state index in [4.69, 9.17) is 14.6 Å². The predicted octanol–water partition coefficient (Wildman–Crippen LogP) is 9.50. The average Bonchev–Trinajstić information content (AvgIpc) is 3.08. The number of benzene rings is 3. The number of hydrogen-bond donors (Lipinski definition) is 1. The van der Waals surface area contributed by atoms with Gasteiger partial charge in [-0.05, 0) is 71.6 Å². The number of Topliss-reactive ketones (excluding diaryl/α,β-unsaturated/α-hetero) is 1. The van der Waals surface area contributed by atoms with Gasteiger partial charge in [0, 0.05) is 36.6 Å². The smallest absolute Gasteiger partial charge is 0.416 e. The van der Waals surface area contributed by atoms with E-state index in [1.165, 1.54) is 25.3 Å². The summed E-state index contributed by atoms with van der Waals surface area (Å²) < 4.78 is 136. The molecule has 284 valence electrons. The van der Waals surface area contributed by atoms with Crippen LogP contribution in [0.25, 0.3) is 11.1 Å². The summed E-state index contributed by atoms with van der Waals surface area (Å²) in [5.74, 6) is -1.92. The van der Waals surface area contributed by atoms with Gasteiger partial charge in [-0.15, -0.1) is 0 Å². The summed E-state index contributed by atoms with van der Waals surface area (Å²) in [4.78, 5) is 33.0. The normalized spacial score (nSPS) is 12.2. The van der Waals surface area contributed by atoms with Crippen molar-refractivity contribution in [3.8, 4) is 22.6 Å². The molecule has 0 aliphatic heterocycles. The minimum Gasteiger partial charge on any atom is -0.496 e. The number of ketones is 1. The van der Waals surface area contributed by atoms with Crippen LogP contribution in [-0.4, -0.2) is 40.5 Å². The monoisotopic (exact) mass is 757 g/mol. The molecule has 1 aromatic heterocycles. The topological polar surface area (TPSA) is 102 Å². The van der Waals surface area contributed by atoms with E-state index in [1.807, 2.05) is 0 Å². The zero-order chi connectivity index (χ0) is 39.3. The Morgan fingerprint density at radius 3 is 1.91 bits per heavy atom. The Hall–Kier alpha value is -5.35. The van der Waals surface area contributed by atoms with E-state index >= 15 is 0 Å². The highest BCUT2D eigenvalue weighted by molar-refractivity contribution is 5.99. The number of halogens is 9. The third kappa shape index (κ3) is 10.6. The summed E-state index contributed by atoms with van der Waals surface area (Å²) in [6, 6.07) is 7.95. The molecule has 0 bridgehead atoms. The second-order valence-electron chi connectivity index (χ2n) is 12.1. The SMILES string of the molecule is COc1ccc(C(=O)C(C)C)cc1-c1ccc(C(F)(F)F)cc1CN(Cc1cc(C(F)(F)F)cc(C(F)(F)F)c1)c1ncc(OCCCC(=O)O)cn1. The lowest BCUT2D eigenvalue weighted by atomic mass is 9.92. The van der Waals surface area contributed by atoms with Crippen molar-refractivity contribution in [2.24, 2.45) is 5.92 Å². The first kappa shape index (κ1) is 40.4. The van der Waals surface area contributed by atoms with Crippen LogP contribution < -0.4 is 14.4 Å². The van der Waals surface area contributed by atoms with Crippen molar-refractivity contribution in [1.29, 1.82) is 0 Å². The van der Waals surface area contributed by atoms with Crippen molar-refractivity contribution in [3.63, 3.8) is 0 Å². The van der Waals surface area contributed by atoms with Crippen LogP contribution in [0.4, 0.5) is 45.5 Å². The quantitative estimate of drug-likeness (QED) is 0.0772. The molecule has 0 radical (unpaired) electrons. The average molecular weight is 758 g/mol. The number of carbonyl (C=O) groups is 2. The van der Waals surface area contributed by atoms with Crippen LogP contribution in [0, 0.1) is 5.92 Å². The van der Waals surface area contributed by atoms with Gasteiger partial charge < -0.3 is 19.5 Å². The Kier molecular flexibility index (Phi) is 12.3. The number of methoxy groups -OCH3 is 1. The molecule has 0 atom stereocenters. The van der Waals surface area contributed by atoms with E-state index in [0.29, 0.717) is 12.1 Å². The molecule has 1 heterocycles. The van der Waals surface area contributed by atoms with Gasteiger partial charge in [0.25, 0.3) is 0 Å². The van der Waals surface area contributed by atoms with Crippen molar-refractivity contribution < 1.29 is 63.7 Å². The summed E-state index contributed by atoms with van der Waals surface area (Å²) in [5, 5.41) is 8.82. The van der Waals surface area contributed by atoms with E-state index in [-0.39, 0.29) is 71.0 Å². The van der Waals surface area contributed by atoms with E-state index in [2.05, 4.69) is 9.97 Å². The molecule has 0 unspecified atom stereocenters. The van der Waals surface area contributed by atoms with Crippen molar-refractivity contribution in [3.05, 3.63) is 100 Å². The van der Waals surface area contributed by atoms with Crippen LogP contribution in [-0.2, 0) is 36.4 Å². The highest BCUT2D eigenvalue weighted by Gasteiger charge is 2.37. The van der Waals surface area contributed by atoms with Crippen LogP contribution in [0.5, 0.6) is 11.5 Å². The van der Waals surface area contributed by atoms with Crippen LogP contribution in [0.2, 0.25) is 0 Å². The Morgan fingerprint density at radius 1 is 0.774 bits per heavy atom. The minimum atomic E-state index is -5.18. The van der Waals surface area contributed by atoms with Crippen molar-refractivity contribution in [1.82, 2.24) is 9.97 Å². The molecule has 0 amide bonds. The first-order chi connectivity index (χ1) is 24.7. The van der Waals surface area contributed by atoms with E-state index in [1.54, 1.807) is 13.8 Å². The number of rotatable bonds is 14. The molecule has 0 saturated carbocycles. The Balaban J connectivity index is 1.89. The van der Waals surface area contributed by atoms with Crippen LogP contribution in [0.15, 0.2) is 67.0 Å². The van der Waals surface area contributed by atoms with Gasteiger partial charge in [-0.25, -0.2) is 9.97 Å². The lowest BCUT2D eigenvalue weighted by molar-refractivity contribution is -0.143. The Labute approximate surface area is 297 Å². The summed E-state index contributed by atoms with van der Waals surface area (Å²) in [5.41, 5.74) is -4.45. The maximum Gasteiger partial charge on any atom is 0.416 e. The predicted molar refractivity (Wildman–Crippen MR) is 173 cm³/mol. The summed E-state index contributed by atoms with van der Waals surface area (Å²) in [6.07, 6.45) is -13.1. The molecule has 0 spiro atoms. The summed E-state index contributed by atoms with van der Waals surface area (Å²) in [6.45, 7) is 1.90. The third-order valence-electron chi connectivity index (χ3n) is 7.81. The number of carboxylic acids is 1. The van der Waals surface area contributed by atoms with Gasteiger partial charge in [0.15, 0.2) is 11.5 Å². The molecule has 17 heteroatoms. The Morgan fingerprint density at radius 2 is 1.38 bits per heavy atom. The number of alkyl halides is 9. The fraction of sp³-hybridized carbons (Fsp3) is 0.333. The standard InChI is InChI=1S/C36H32F9N3O5/c1-20(2)32(51)22-6-9-30(52-3)29(14-22)28-8-7-24(34(37,38)39)13-23(28)19-48(33-46-16-27(17-47-33)53-10-4-5-31(49)50)18-21-11-25(35(40,41)42)15-26(12-21)36(43,44)45/h6-9,11-17,20H,4-5,10,18-19H2,1-3H3,(H,49,50). The van der Waals surface area contributed by atoms with E-state index in [9.17, 15) is 49.1 Å². The number of anilines is 1. The largest absolute Gasteiger partial charge is 0.496 e.